The topological polar surface area (TPSA) is 43.4 Å². The number of hydrogen-bond acceptors (Lipinski definition) is 3. The third kappa shape index (κ3) is 2.68. The summed E-state index contributed by atoms with van der Waals surface area (Å²) in [4.78, 5) is 25.2. The van der Waals surface area contributed by atoms with Crippen LogP contribution in [0.1, 0.15) is 30.7 Å². The summed E-state index contributed by atoms with van der Waals surface area (Å²) in [6.45, 7) is 3.85. The maximum Gasteiger partial charge on any atom is 0.324 e. The van der Waals surface area contributed by atoms with E-state index in [0.29, 0.717) is 6.42 Å². The third-order valence-corrected chi connectivity index (χ3v) is 4.02. The summed E-state index contributed by atoms with van der Waals surface area (Å²) in [6.07, 6.45) is 7.21. The molecule has 0 aromatic heterocycles. The smallest absolute Gasteiger partial charge is 0.324 e. The van der Waals surface area contributed by atoms with E-state index in [1.807, 2.05) is 36.4 Å². The Labute approximate surface area is 125 Å². The van der Waals surface area contributed by atoms with Crippen molar-refractivity contribution in [1.82, 2.24) is 0 Å². The Morgan fingerprint density at radius 2 is 2.10 bits per heavy atom. The van der Waals surface area contributed by atoms with Crippen LogP contribution in [0.15, 0.2) is 55.1 Å². The highest BCUT2D eigenvalue weighted by atomic mass is 16.5. The Morgan fingerprint density at radius 3 is 2.71 bits per heavy atom. The highest BCUT2D eigenvalue weighted by molar-refractivity contribution is 6.07. The first-order valence-corrected chi connectivity index (χ1v) is 7.13. The Balaban J connectivity index is 2.60. The van der Waals surface area contributed by atoms with E-state index in [0.717, 1.165) is 18.4 Å². The molecule has 2 rings (SSSR count). The lowest BCUT2D eigenvalue weighted by Gasteiger charge is -2.32. The molecule has 0 saturated carbocycles. The standard InChI is InChI=1S/C18H20O3/c1-3-15(14-10-6-4-7-11-14)18(17(20)21-2)13-9-5-8-12-16(18)19/h3-4,6-7,9-11,13,15H,1,5,8,12H2,2H3/t15-,18+/m1/s1. The minimum atomic E-state index is -1.30. The van der Waals surface area contributed by atoms with Crippen molar-refractivity contribution in [2.45, 2.75) is 25.2 Å². The van der Waals surface area contributed by atoms with Gasteiger partial charge < -0.3 is 4.74 Å². The molecule has 0 radical (unpaired) electrons. The highest BCUT2D eigenvalue weighted by Crippen LogP contribution is 2.43. The van der Waals surface area contributed by atoms with Gasteiger partial charge in [0.1, 0.15) is 0 Å². The fraction of sp³-hybridized carbons (Fsp3) is 0.333. The van der Waals surface area contributed by atoms with E-state index in [1.54, 1.807) is 12.2 Å². The summed E-state index contributed by atoms with van der Waals surface area (Å²) >= 11 is 0. The molecule has 1 aliphatic carbocycles. The van der Waals surface area contributed by atoms with Crippen molar-refractivity contribution in [1.29, 1.82) is 0 Å². The Kier molecular flexibility index (Phi) is 4.73. The lowest BCUT2D eigenvalue weighted by atomic mass is 9.68. The van der Waals surface area contributed by atoms with E-state index < -0.39 is 17.3 Å². The summed E-state index contributed by atoms with van der Waals surface area (Å²) in [6, 6.07) is 9.49. The third-order valence-electron chi connectivity index (χ3n) is 4.02. The van der Waals surface area contributed by atoms with E-state index in [-0.39, 0.29) is 5.78 Å². The van der Waals surface area contributed by atoms with E-state index in [4.69, 9.17) is 4.74 Å². The van der Waals surface area contributed by atoms with Crippen LogP contribution >= 0.6 is 0 Å². The van der Waals surface area contributed by atoms with Gasteiger partial charge in [0.15, 0.2) is 11.2 Å². The predicted octanol–water partition coefficient (Wildman–Crippen LogP) is 3.42. The highest BCUT2D eigenvalue weighted by Gasteiger charge is 2.50. The fourth-order valence-electron chi connectivity index (χ4n) is 2.95. The molecule has 1 aliphatic rings. The number of carbonyl (C=O) groups is 2. The van der Waals surface area contributed by atoms with Gasteiger partial charge in [0.25, 0.3) is 0 Å². The number of rotatable bonds is 4. The molecule has 0 fully saturated rings. The summed E-state index contributed by atoms with van der Waals surface area (Å²) in [7, 11) is 1.32. The van der Waals surface area contributed by atoms with Crippen LogP contribution in [-0.2, 0) is 14.3 Å². The zero-order valence-electron chi connectivity index (χ0n) is 12.2. The lowest BCUT2D eigenvalue weighted by molar-refractivity contribution is -0.155. The first-order valence-electron chi connectivity index (χ1n) is 7.13. The number of hydrogen-bond donors (Lipinski definition) is 0. The van der Waals surface area contributed by atoms with Crippen molar-refractivity contribution in [3.8, 4) is 0 Å². The van der Waals surface area contributed by atoms with Crippen LogP contribution in [0.4, 0.5) is 0 Å². The molecule has 1 aromatic rings. The molecule has 0 saturated heterocycles. The number of ether oxygens (including phenoxy) is 1. The molecule has 0 heterocycles. The summed E-state index contributed by atoms with van der Waals surface area (Å²) < 4.78 is 4.96. The number of esters is 1. The van der Waals surface area contributed by atoms with Gasteiger partial charge in [-0.05, 0) is 18.4 Å². The monoisotopic (exact) mass is 284 g/mol. The molecule has 0 N–H and O–H groups in total. The van der Waals surface area contributed by atoms with Crippen LogP contribution in [-0.4, -0.2) is 18.9 Å². The van der Waals surface area contributed by atoms with Gasteiger partial charge in [0, 0.05) is 12.3 Å². The van der Waals surface area contributed by atoms with Crippen molar-refractivity contribution >= 4 is 11.8 Å². The van der Waals surface area contributed by atoms with Gasteiger partial charge in [0.2, 0.25) is 0 Å². The molecule has 0 aliphatic heterocycles. The normalized spacial score (nSPS) is 23.2. The second-order valence-electron chi connectivity index (χ2n) is 5.20. The molecular weight excluding hydrogens is 264 g/mol. The Morgan fingerprint density at radius 1 is 1.38 bits per heavy atom. The SMILES string of the molecule is C=C[C@H](c1ccccc1)[C@@]1(C(=O)OC)C=CCCCC1=O. The van der Waals surface area contributed by atoms with Crippen molar-refractivity contribution in [3.63, 3.8) is 0 Å². The quantitative estimate of drug-likeness (QED) is 0.483. The van der Waals surface area contributed by atoms with Crippen LogP contribution in [0.5, 0.6) is 0 Å². The van der Waals surface area contributed by atoms with Crippen LogP contribution in [0.25, 0.3) is 0 Å². The van der Waals surface area contributed by atoms with Crippen LogP contribution in [0.3, 0.4) is 0 Å². The minimum Gasteiger partial charge on any atom is -0.468 e. The van der Waals surface area contributed by atoms with Crippen LogP contribution in [0.2, 0.25) is 0 Å². The molecule has 2 atom stereocenters. The van der Waals surface area contributed by atoms with Gasteiger partial charge in [-0.3, -0.25) is 9.59 Å². The largest absolute Gasteiger partial charge is 0.468 e. The number of Topliss-reactive ketones (excluding diaryl/α,β-unsaturated/α-hetero) is 1. The minimum absolute atomic E-state index is 0.100. The average Bonchev–Trinajstić information content (AvgIpc) is 2.71. The van der Waals surface area contributed by atoms with Gasteiger partial charge in [-0.1, -0.05) is 48.6 Å². The first-order chi connectivity index (χ1) is 10.2. The number of ketones is 1. The number of methoxy groups -OCH3 is 1. The first kappa shape index (κ1) is 15.2. The van der Waals surface area contributed by atoms with E-state index >= 15 is 0 Å². The molecule has 3 nitrogen and oxygen atoms in total. The summed E-state index contributed by atoms with van der Waals surface area (Å²) in [5.74, 6) is -1.04. The van der Waals surface area contributed by atoms with E-state index in [2.05, 4.69) is 6.58 Å². The maximum atomic E-state index is 12.7. The Hall–Kier alpha value is -2.16. The fourth-order valence-corrected chi connectivity index (χ4v) is 2.95. The van der Waals surface area contributed by atoms with Gasteiger partial charge in [-0.25, -0.2) is 0 Å². The molecule has 21 heavy (non-hydrogen) atoms. The Bertz CT molecular complexity index is 559. The molecule has 0 amide bonds. The summed E-state index contributed by atoms with van der Waals surface area (Å²) in [5.41, 5.74) is -0.410. The van der Waals surface area contributed by atoms with Crippen LogP contribution in [0, 0.1) is 5.41 Å². The van der Waals surface area contributed by atoms with E-state index in [1.165, 1.54) is 7.11 Å². The second kappa shape index (κ2) is 6.53. The van der Waals surface area contributed by atoms with Crippen molar-refractivity contribution in [2.75, 3.05) is 7.11 Å². The molecule has 0 spiro atoms. The van der Waals surface area contributed by atoms with Gasteiger partial charge in [-0.15, -0.1) is 6.58 Å². The predicted molar refractivity (Wildman–Crippen MR) is 81.8 cm³/mol. The average molecular weight is 284 g/mol. The van der Waals surface area contributed by atoms with Crippen molar-refractivity contribution in [3.05, 3.63) is 60.7 Å². The molecule has 3 heteroatoms. The number of carbonyl (C=O) groups excluding carboxylic acids is 2. The van der Waals surface area contributed by atoms with Crippen molar-refractivity contribution in [2.24, 2.45) is 5.41 Å². The van der Waals surface area contributed by atoms with E-state index in [9.17, 15) is 9.59 Å². The van der Waals surface area contributed by atoms with Gasteiger partial charge in [-0.2, -0.15) is 0 Å². The number of allylic oxidation sites excluding steroid dienone is 2. The number of benzene rings is 1. The molecule has 0 unspecified atom stereocenters. The van der Waals surface area contributed by atoms with Gasteiger partial charge >= 0.3 is 5.97 Å². The zero-order chi connectivity index (χ0) is 15.3. The maximum absolute atomic E-state index is 12.7. The molecule has 0 bridgehead atoms. The lowest BCUT2D eigenvalue weighted by Crippen LogP contribution is -2.43. The zero-order valence-corrected chi connectivity index (χ0v) is 12.2. The van der Waals surface area contributed by atoms with Crippen molar-refractivity contribution < 1.29 is 14.3 Å². The summed E-state index contributed by atoms with van der Waals surface area (Å²) in [5, 5.41) is 0. The molecule has 110 valence electrons. The second-order valence-corrected chi connectivity index (χ2v) is 5.20. The van der Waals surface area contributed by atoms with Gasteiger partial charge in [0.05, 0.1) is 7.11 Å². The molecular formula is C18H20O3. The van der Waals surface area contributed by atoms with Crippen LogP contribution < -0.4 is 0 Å². The molecule has 1 aromatic carbocycles.